The van der Waals surface area contributed by atoms with Crippen LogP contribution >= 0.6 is 22.9 Å². The molecular weight excluding hydrogens is 182 g/mol. The highest BCUT2D eigenvalue weighted by molar-refractivity contribution is 7.21. The van der Waals surface area contributed by atoms with Gasteiger partial charge in [-0.25, -0.2) is 0 Å². The van der Waals surface area contributed by atoms with E-state index in [0.717, 1.165) is 10.2 Å². The van der Waals surface area contributed by atoms with Crippen LogP contribution in [-0.4, -0.2) is 9.67 Å². The molecule has 2 heterocycles. The molecule has 0 radical (unpaired) electrons. The maximum absolute atomic E-state index is 9.23. The lowest BCUT2D eigenvalue weighted by atomic mass is 10.5. The molecule has 0 aliphatic rings. The van der Waals surface area contributed by atoms with Crippen molar-refractivity contribution in [3.8, 4) is 5.06 Å². The van der Waals surface area contributed by atoms with Crippen LogP contribution in [0.5, 0.6) is 5.06 Å². The van der Waals surface area contributed by atoms with Crippen LogP contribution in [0, 0.1) is 0 Å². The van der Waals surface area contributed by atoms with Crippen molar-refractivity contribution in [3.05, 3.63) is 17.3 Å². The van der Waals surface area contributed by atoms with Crippen LogP contribution in [0.25, 0.3) is 10.2 Å². The van der Waals surface area contributed by atoms with Crippen LogP contribution in [0.2, 0.25) is 5.02 Å². The lowest BCUT2D eigenvalue weighted by molar-refractivity contribution is 0.491. The van der Waals surface area contributed by atoms with Gasteiger partial charge in [-0.1, -0.05) is 22.9 Å². The van der Waals surface area contributed by atoms with Crippen molar-refractivity contribution in [1.82, 2.24) is 4.57 Å². The highest BCUT2D eigenvalue weighted by Crippen LogP contribution is 2.40. The van der Waals surface area contributed by atoms with Gasteiger partial charge >= 0.3 is 0 Å². The van der Waals surface area contributed by atoms with E-state index in [0.29, 0.717) is 5.02 Å². The van der Waals surface area contributed by atoms with E-state index in [1.165, 1.54) is 11.3 Å². The Hall–Kier alpha value is -0.670. The van der Waals surface area contributed by atoms with Gasteiger partial charge in [-0.2, -0.15) is 0 Å². The predicted molar refractivity (Wildman–Crippen MR) is 47.5 cm³/mol. The summed E-state index contributed by atoms with van der Waals surface area (Å²) < 4.78 is 2.92. The van der Waals surface area contributed by atoms with Gasteiger partial charge in [0.25, 0.3) is 0 Å². The van der Waals surface area contributed by atoms with Crippen molar-refractivity contribution < 1.29 is 5.11 Å². The molecule has 0 unspecified atom stereocenters. The highest BCUT2D eigenvalue weighted by atomic mass is 35.5. The largest absolute Gasteiger partial charge is 0.498 e. The Morgan fingerprint density at radius 2 is 2.36 bits per heavy atom. The van der Waals surface area contributed by atoms with Crippen LogP contribution < -0.4 is 0 Å². The topological polar surface area (TPSA) is 25.2 Å². The van der Waals surface area contributed by atoms with E-state index in [2.05, 4.69) is 0 Å². The van der Waals surface area contributed by atoms with Crippen molar-refractivity contribution in [2.24, 2.45) is 7.05 Å². The standard InChI is InChI=1S/C7H6ClNOS/c1-9-3-2-4-6(9)5(8)7(10)11-4/h2-3,10H,1H3. The summed E-state index contributed by atoms with van der Waals surface area (Å²) in [6.45, 7) is 0. The fourth-order valence-corrected chi connectivity index (χ4v) is 2.38. The fourth-order valence-electron chi connectivity index (χ4n) is 1.10. The summed E-state index contributed by atoms with van der Waals surface area (Å²) in [5.41, 5.74) is 0.911. The summed E-state index contributed by atoms with van der Waals surface area (Å²) in [5, 5.41) is 9.89. The second kappa shape index (κ2) is 2.16. The first kappa shape index (κ1) is 7.00. The molecule has 11 heavy (non-hydrogen) atoms. The Morgan fingerprint density at radius 1 is 1.64 bits per heavy atom. The molecule has 1 N–H and O–H groups in total. The second-order valence-corrected chi connectivity index (χ2v) is 3.77. The van der Waals surface area contributed by atoms with E-state index in [-0.39, 0.29) is 5.06 Å². The average Bonchev–Trinajstić information content (AvgIpc) is 2.41. The molecule has 2 aromatic rings. The summed E-state index contributed by atoms with van der Waals surface area (Å²) in [5.74, 6) is 0. The number of hydrogen-bond acceptors (Lipinski definition) is 2. The Morgan fingerprint density at radius 3 is 3.00 bits per heavy atom. The van der Waals surface area contributed by atoms with Gasteiger partial charge < -0.3 is 9.67 Å². The third-order valence-corrected chi connectivity index (χ3v) is 3.05. The maximum atomic E-state index is 9.23. The summed E-state index contributed by atoms with van der Waals surface area (Å²) in [4.78, 5) is 0. The lowest BCUT2D eigenvalue weighted by Crippen LogP contribution is -1.81. The second-order valence-electron chi connectivity index (χ2n) is 2.36. The third-order valence-electron chi connectivity index (χ3n) is 1.64. The number of aromatic hydroxyl groups is 1. The monoisotopic (exact) mass is 187 g/mol. The van der Waals surface area contributed by atoms with Gasteiger partial charge in [-0.15, -0.1) is 0 Å². The van der Waals surface area contributed by atoms with Crippen LogP contribution in [0.3, 0.4) is 0 Å². The Balaban J connectivity index is 2.95. The zero-order valence-corrected chi connectivity index (χ0v) is 7.41. The van der Waals surface area contributed by atoms with E-state index in [4.69, 9.17) is 11.6 Å². The number of fused-ring (bicyclic) bond motifs is 1. The molecule has 0 aliphatic heterocycles. The van der Waals surface area contributed by atoms with Crippen molar-refractivity contribution in [2.45, 2.75) is 0 Å². The van der Waals surface area contributed by atoms with Crippen LogP contribution in [0.1, 0.15) is 0 Å². The minimum absolute atomic E-state index is 0.202. The number of thiophene rings is 1. The van der Waals surface area contributed by atoms with Crippen LogP contribution in [0.4, 0.5) is 0 Å². The molecule has 0 aromatic carbocycles. The normalized spacial score (nSPS) is 11.1. The number of halogens is 1. The molecule has 0 saturated carbocycles. The molecule has 2 aromatic heterocycles. The lowest BCUT2D eigenvalue weighted by Gasteiger charge is -1.91. The van der Waals surface area contributed by atoms with Gasteiger partial charge in [0, 0.05) is 13.2 Å². The van der Waals surface area contributed by atoms with E-state index < -0.39 is 0 Å². The van der Waals surface area contributed by atoms with Gasteiger partial charge in [-0.05, 0) is 6.07 Å². The number of aryl methyl sites for hydroxylation is 1. The number of hydrogen-bond donors (Lipinski definition) is 1. The van der Waals surface area contributed by atoms with Gasteiger partial charge in [-0.3, -0.25) is 0 Å². The predicted octanol–water partition coefficient (Wildman–Crippen LogP) is 2.60. The Labute approximate surface area is 72.6 Å². The zero-order chi connectivity index (χ0) is 8.01. The van der Waals surface area contributed by atoms with Gasteiger partial charge in [0.2, 0.25) is 0 Å². The molecule has 2 rings (SSSR count). The van der Waals surface area contributed by atoms with Gasteiger partial charge in [0.05, 0.1) is 10.2 Å². The molecule has 0 fully saturated rings. The number of aromatic nitrogens is 1. The molecule has 4 heteroatoms. The first-order chi connectivity index (χ1) is 5.20. The van der Waals surface area contributed by atoms with Gasteiger partial charge in [0.1, 0.15) is 5.02 Å². The molecule has 58 valence electrons. The third kappa shape index (κ3) is 0.847. The molecule has 0 amide bonds. The van der Waals surface area contributed by atoms with Crippen LogP contribution in [0.15, 0.2) is 12.3 Å². The quantitative estimate of drug-likeness (QED) is 0.674. The van der Waals surface area contributed by atoms with Crippen molar-refractivity contribution in [1.29, 1.82) is 0 Å². The average molecular weight is 188 g/mol. The molecule has 0 spiro atoms. The van der Waals surface area contributed by atoms with E-state index in [1.807, 2.05) is 23.9 Å². The Kier molecular flexibility index (Phi) is 1.37. The summed E-state index contributed by atoms with van der Waals surface area (Å²) in [7, 11) is 1.90. The molecule has 0 atom stereocenters. The fraction of sp³-hybridized carbons (Fsp3) is 0.143. The van der Waals surface area contributed by atoms with E-state index in [9.17, 15) is 5.11 Å². The number of rotatable bonds is 0. The minimum atomic E-state index is 0.202. The number of nitrogens with zero attached hydrogens (tertiary/aromatic N) is 1. The first-order valence-electron chi connectivity index (χ1n) is 3.12. The molecule has 0 aliphatic carbocycles. The highest BCUT2D eigenvalue weighted by Gasteiger charge is 2.10. The molecule has 2 nitrogen and oxygen atoms in total. The van der Waals surface area contributed by atoms with E-state index >= 15 is 0 Å². The van der Waals surface area contributed by atoms with E-state index in [1.54, 1.807) is 0 Å². The first-order valence-corrected chi connectivity index (χ1v) is 4.32. The van der Waals surface area contributed by atoms with Gasteiger partial charge in [0.15, 0.2) is 5.06 Å². The SMILES string of the molecule is Cn1ccc2sc(O)c(Cl)c21. The molecule has 0 bridgehead atoms. The maximum Gasteiger partial charge on any atom is 0.193 e. The smallest absolute Gasteiger partial charge is 0.193 e. The summed E-state index contributed by atoms with van der Waals surface area (Å²) in [6.07, 6.45) is 1.92. The van der Waals surface area contributed by atoms with Crippen LogP contribution in [-0.2, 0) is 7.05 Å². The van der Waals surface area contributed by atoms with Crippen molar-refractivity contribution >= 4 is 33.2 Å². The summed E-state index contributed by atoms with van der Waals surface area (Å²) in [6, 6.07) is 1.94. The zero-order valence-electron chi connectivity index (χ0n) is 5.84. The molecular formula is C7H6ClNOS. The summed E-state index contributed by atoms with van der Waals surface area (Å²) >= 11 is 7.13. The minimum Gasteiger partial charge on any atom is -0.498 e. The van der Waals surface area contributed by atoms with Crippen molar-refractivity contribution in [2.75, 3.05) is 0 Å². The molecule has 0 saturated heterocycles. The Bertz CT molecular complexity index is 404. The van der Waals surface area contributed by atoms with Crippen molar-refractivity contribution in [3.63, 3.8) is 0 Å².